The summed E-state index contributed by atoms with van der Waals surface area (Å²) in [4.78, 5) is 56.0. The lowest BCUT2D eigenvalue weighted by Crippen LogP contribution is -2.40. The molecule has 5 rings (SSSR count). The Bertz CT molecular complexity index is 1190. The molecule has 1 saturated heterocycles. The second-order valence-electron chi connectivity index (χ2n) is 7.78. The van der Waals surface area contributed by atoms with Gasteiger partial charge in [0.25, 0.3) is 11.8 Å². The van der Waals surface area contributed by atoms with Crippen LogP contribution in [0, 0.1) is 19.8 Å². The molecule has 3 aromatic rings. The second-order valence-corrected chi connectivity index (χ2v) is 8.99. The molecule has 0 atom stereocenters. The topological polar surface area (TPSA) is 92.7 Å². The van der Waals surface area contributed by atoms with Gasteiger partial charge in [-0.05, 0) is 44.4 Å². The minimum atomic E-state index is -0.599. The Morgan fingerprint density at radius 3 is 2.35 bits per heavy atom. The van der Waals surface area contributed by atoms with Gasteiger partial charge in [0, 0.05) is 18.0 Å². The number of carbonyl (C=O) groups excluding carboxylic acids is 3. The molecule has 4 heterocycles. The molecule has 2 aliphatic heterocycles. The van der Waals surface area contributed by atoms with Crippen LogP contribution in [0.5, 0.6) is 0 Å². The SMILES string of the molecule is Cc1sc2ncnc(N3CCC(C(=O)ON4C(=O)c5ccccc5C4=O)CC3)c2c1C. The van der Waals surface area contributed by atoms with Crippen molar-refractivity contribution in [2.45, 2.75) is 26.7 Å². The normalized spacial score (nSPS) is 16.8. The molecule has 0 saturated carbocycles. The molecular formula is C22H20N4O4S. The van der Waals surface area contributed by atoms with E-state index in [-0.39, 0.29) is 17.0 Å². The van der Waals surface area contributed by atoms with Crippen LogP contribution in [0.1, 0.15) is 44.0 Å². The van der Waals surface area contributed by atoms with Crippen LogP contribution in [-0.2, 0) is 9.63 Å². The van der Waals surface area contributed by atoms with Crippen LogP contribution in [0.3, 0.4) is 0 Å². The van der Waals surface area contributed by atoms with Gasteiger partial charge in [0.15, 0.2) is 0 Å². The number of hydrogen-bond donors (Lipinski definition) is 0. The first kappa shape index (κ1) is 19.6. The smallest absolute Gasteiger partial charge is 0.336 e. The van der Waals surface area contributed by atoms with E-state index < -0.39 is 17.8 Å². The average Bonchev–Trinajstić information content (AvgIpc) is 3.22. The van der Waals surface area contributed by atoms with Crippen molar-refractivity contribution in [3.63, 3.8) is 0 Å². The van der Waals surface area contributed by atoms with E-state index >= 15 is 0 Å². The van der Waals surface area contributed by atoms with Gasteiger partial charge in [-0.3, -0.25) is 9.59 Å². The molecule has 0 spiro atoms. The lowest BCUT2D eigenvalue weighted by molar-refractivity contribution is -0.174. The number of piperidine rings is 1. The molecule has 0 aliphatic carbocycles. The summed E-state index contributed by atoms with van der Waals surface area (Å²) in [5.41, 5.74) is 1.69. The third kappa shape index (κ3) is 3.16. The Labute approximate surface area is 182 Å². The van der Waals surface area contributed by atoms with E-state index in [0.29, 0.717) is 31.0 Å². The number of aryl methyl sites for hydroxylation is 2. The van der Waals surface area contributed by atoms with Crippen LogP contribution in [0.2, 0.25) is 0 Å². The van der Waals surface area contributed by atoms with E-state index in [0.717, 1.165) is 16.0 Å². The van der Waals surface area contributed by atoms with Crippen LogP contribution < -0.4 is 4.90 Å². The van der Waals surface area contributed by atoms with E-state index in [1.807, 2.05) is 0 Å². The maximum Gasteiger partial charge on any atom is 0.336 e. The van der Waals surface area contributed by atoms with E-state index in [2.05, 4.69) is 28.7 Å². The third-order valence-electron chi connectivity index (χ3n) is 6.01. The van der Waals surface area contributed by atoms with Crippen molar-refractivity contribution in [3.05, 3.63) is 52.2 Å². The molecule has 31 heavy (non-hydrogen) atoms. The first-order chi connectivity index (χ1) is 15.0. The predicted octanol–water partition coefficient (Wildman–Crippen LogP) is 3.28. The highest BCUT2D eigenvalue weighted by Gasteiger charge is 2.40. The summed E-state index contributed by atoms with van der Waals surface area (Å²) in [6.45, 7) is 5.41. The molecule has 158 valence electrons. The Balaban J connectivity index is 1.27. The number of rotatable bonds is 3. The molecule has 2 amide bonds. The lowest BCUT2D eigenvalue weighted by atomic mass is 9.97. The summed E-state index contributed by atoms with van der Waals surface area (Å²) in [6.07, 6.45) is 2.68. The Kier molecular flexibility index (Phi) is 4.70. The average molecular weight is 436 g/mol. The molecule has 2 aliphatic rings. The van der Waals surface area contributed by atoms with E-state index in [9.17, 15) is 14.4 Å². The Morgan fingerprint density at radius 1 is 1.06 bits per heavy atom. The number of aromatic nitrogens is 2. The molecule has 8 nitrogen and oxygen atoms in total. The molecule has 0 bridgehead atoms. The van der Waals surface area contributed by atoms with Gasteiger partial charge >= 0.3 is 5.97 Å². The number of benzene rings is 1. The first-order valence-electron chi connectivity index (χ1n) is 10.1. The maximum absolute atomic E-state index is 12.7. The van der Waals surface area contributed by atoms with Gasteiger partial charge in [-0.2, -0.15) is 0 Å². The van der Waals surface area contributed by atoms with Crippen LogP contribution >= 0.6 is 11.3 Å². The zero-order valence-electron chi connectivity index (χ0n) is 17.1. The minimum Gasteiger partial charge on any atom is -0.356 e. The van der Waals surface area contributed by atoms with Crippen molar-refractivity contribution in [3.8, 4) is 0 Å². The minimum absolute atomic E-state index is 0.254. The van der Waals surface area contributed by atoms with E-state index in [1.165, 1.54) is 10.4 Å². The standard InChI is InChI=1S/C22H20N4O4S/c1-12-13(2)31-19-17(12)18(23-11-24-19)25-9-7-14(8-10-25)22(29)30-26-20(27)15-5-3-4-6-16(15)21(26)28/h3-6,11,14H,7-10H2,1-2H3. The molecule has 0 N–H and O–H groups in total. The van der Waals surface area contributed by atoms with Crippen molar-refractivity contribution in [2.24, 2.45) is 5.92 Å². The second kappa shape index (κ2) is 7.42. The number of thiophene rings is 1. The van der Waals surface area contributed by atoms with Gasteiger partial charge in [-0.25, -0.2) is 14.8 Å². The zero-order chi connectivity index (χ0) is 21.7. The van der Waals surface area contributed by atoms with E-state index in [4.69, 9.17) is 4.84 Å². The van der Waals surface area contributed by atoms with Crippen molar-refractivity contribution in [2.75, 3.05) is 18.0 Å². The summed E-state index contributed by atoms with van der Waals surface area (Å²) in [5, 5.41) is 1.65. The predicted molar refractivity (Wildman–Crippen MR) is 115 cm³/mol. The fourth-order valence-corrected chi connectivity index (χ4v) is 5.14. The maximum atomic E-state index is 12.7. The molecule has 9 heteroatoms. The van der Waals surface area contributed by atoms with Crippen molar-refractivity contribution in [1.82, 2.24) is 15.0 Å². The molecule has 0 radical (unpaired) electrons. The van der Waals surface area contributed by atoms with E-state index in [1.54, 1.807) is 41.9 Å². The number of imide groups is 1. The largest absolute Gasteiger partial charge is 0.356 e. The molecule has 1 aromatic carbocycles. The van der Waals surface area contributed by atoms with Crippen molar-refractivity contribution < 1.29 is 19.2 Å². The molecule has 1 fully saturated rings. The van der Waals surface area contributed by atoms with Gasteiger partial charge in [0.05, 0.1) is 22.4 Å². The Morgan fingerprint density at radius 2 is 1.71 bits per heavy atom. The van der Waals surface area contributed by atoms with Gasteiger partial charge in [-0.15, -0.1) is 11.3 Å². The number of anilines is 1. The highest BCUT2D eigenvalue weighted by atomic mass is 32.1. The number of hydroxylamine groups is 2. The highest BCUT2D eigenvalue weighted by Crippen LogP contribution is 2.36. The molecule has 0 unspecified atom stereocenters. The summed E-state index contributed by atoms with van der Waals surface area (Å²) in [5.74, 6) is -1.25. The van der Waals surface area contributed by atoms with Crippen LogP contribution in [0.15, 0.2) is 30.6 Å². The summed E-state index contributed by atoms with van der Waals surface area (Å²) >= 11 is 1.65. The van der Waals surface area contributed by atoms with Crippen molar-refractivity contribution in [1.29, 1.82) is 0 Å². The molecular weight excluding hydrogens is 416 g/mol. The zero-order valence-corrected chi connectivity index (χ0v) is 17.9. The summed E-state index contributed by atoms with van der Waals surface area (Å²) < 4.78 is 0. The third-order valence-corrected chi connectivity index (χ3v) is 7.13. The number of fused-ring (bicyclic) bond motifs is 2. The first-order valence-corrected chi connectivity index (χ1v) is 10.9. The fraction of sp³-hybridized carbons (Fsp3) is 0.318. The Hall–Kier alpha value is -3.33. The van der Waals surface area contributed by atoms with Crippen LogP contribution in [0.25, 0.3) is 10.2 Å². The van der Waals surface area contributed by atoms with Gasteiger partial charge in [-0.1, -0.05) is 17.2 Å². The molecule has 2 aromatic heterocycles. The van der Waals surface area contributed by atoms with Crippen LogP contribution in [0.4, 0.5) is 5.82 Å². The lowest BCUT2D eigenvalue weighted by Gasteiger charge is -2.32. The van der Waals surface area contributed by atoms with Crippen molar-refractivity contribution >= 4 is 45.2 Å². The van der Waals surface area contributed by atoms with Crippen LogP contribution in [-0.4, -0.2) is 45.9 Å². The number of carbonyl (C=O) groups is 3. The van der Waals surface area contributed by atoms with Gasteiger partial charge < -0.3 is 9.74 Å². The number of nitrogens with zero attached hydrogens (tertiary/aromatic N) is 4. The monoisotopic (exact) mass is 436 g/mol. The fourth-order valence-electron chi connectivity index (χ4n) is 4.15. The quantitative estimate of drug-likeness (QED) is 0.582. The number of amides is 2. The van der Waals surface area contributed by atoms with Gasteiger partial charge in [0.1, 0.15) is 17.0 Å². The van der Waals surface area contributed by atoms with Gasteiger partial charge in [0.2, 0.25) is 0 Å². The highest BCUT2D eigenvalue weighted by molar-refractivity contribution is 7.18. The summed E-state index contributed by atoms with van der Waals surface area (Å²) in [7, 11) is 0. The summed E-state index contributed by atoms with van der Waals surface area (Å²) in [6, 6.07) is 6.45. The number of hydrogen-bond acceptors (Lipinski definition) is 8.